The third-order valence-electron chi connectivity index (χ3n) is 2.43. The van der Waals surface area contributed by atoms with Crippen molar-refractivity contribution < 1.29 is 9.18 Å². The van der Waals surface area contributed by atoms with Gasteiger partial charge in [0.1, 0.15) is 5.82 Å². The summed E-state index contributed by atoms with van der Waals surface area (Å²) in [5.74, 6) is -0.544. The van der Waals surface area contributed by atoms with Gasteiger partial charge in [-0.2, -0.15) is 0 Å². The summed E-state index contributed by atoms with van der Waals surface area (Å²) in [6.45, 7) is 0. The standard InChI is InChI=1S/C13H10Cl2FN3O/c14-8-5-7(17)6-9(15)12(8)19-13(20)18-11-4-2-1-3-10(11)16/h1-6H,17H2,(H2,18,19,20). The first kappa shape index (κ1) is 14.4. The Morgan fingerprint density at radius 1 is 1.10 bits per heavy atom. The number of urea groups is 1. The number of rotatable bonds is 2. The third-order valence-corrected chi connectivity index (χ3v) is 3.02. The molecule has 0 saturated heterocycles. The van der Waals surface area contributed by atoms with Crippen molar-refractivity contribution in [1.82, 2.24) is 0 Å². The lowest BCUT2D eigenvalue weighted by molar-refractivity contribution is 0.262. The van der Waals surface area contributed by atoms with E-state index in [1.54, 1.807) is 6.07 Å². The molecular formula is C13H10Cl2FN3O. The zero-order chi connectivity index (χ0) is 14.7. The number of benzene rings is 2. The van der Waals surface area contributed by atoms with E-state index in [1.807, 2.05) is 0 Å². The number of hydrogen-bond donors (Lipinski definition) is 3. The quantitative estimate of drug-likeness (QED) is 0.721. The first-order chi connectivity index (χ1) is 9.47. The van der Waals surface area contributed by atoms with Gasteiger partial charge in [-0.1, -0.05) is 35.3 Å². The van der Waals surface area contributed by atoms with Crippen LogP contribution in [0.15, 0.2) is 36.4 Å². The summed E-state index contributed by atoms with van der Waals surface area (Å²) < 4.78 is 13.4. The molecule has 2 rings (SSSR count). The smallest absolute Gasteiger partial charge is 0.323 e. The largest absolute Gasteiger partial charge is 0.399 e. The molecule has 0 aromatic heterocycles. The molecule has 0 aliphatic carbocycles. The molecule has 4 N–H and O–H groups in total. The SMILES string of the molecule is Nc1cc(Cl)c(NC(=O)Nc2ccccc2F)c(Cl)c1. The third kappa shape index (κ3) is 3.31. The molecule has 0 saturated carbocycles. The van der Waals surface area contributed by atoms with E-state index in [4.69, 9.17) is 28.9 Å². The average molecular weight is 314 g/mol. The summed E-state index contributed by atoms with van der Waals surface area (Å²) in [6.07, 6.45) is 0. The number of carbonyl (C=O) groups is 1. The second-order valence-electron chi connectivity index (χ2n) is 3.92. The minimum absolute atomic E-state index is 0.0488. The Labute approximate surface area is 124 Å². The number of nitrogens with two attached hydrogens (primary N) is 1. The van der Waals surface area contributed by atoms with Crippen molar-refractivity contribution in [3.8, 4) is 0 Å². The Morgan fingerprint density at radius 3 is 2.30 bits per heavy atom. The van der Waals surface area contributed by atoms with Gasteiger partial charge in [0, 0.05) is 5.69 Å². The van der Waals surface area contributed by atoms with Crippen LogP contribution in [0.25, 0.3) is 0 Å². The van der Waals surface area contributed by atoms with Crippen molar-refractivity contribution in [1.29, 1.82) is 0 Å². The van der Waals surface area contributed by atoms with Crippen molar-refractivity contribution in [2.75, 3.05) is 16.4 Å². The molecule has 0 radical (unpaired) electrons. The van der Waals surface area contributed by atoms with Gasteiger partial charge in [0.15, 0.2) is 0 Å². The highest BCUT2D eigenvalue weighted by atomic mass is 35.5. The number of anilines is 3. The Bertz CT molecular complexity index is 641. The van der Waals surface area contributed by atoms with E-state index in [1.165, 1.54) is 30.3 Å². The minimum Gasteiger partial charge on any atom is -0.399 e. The number of carbonyl (C=O) groups excluding carboxylic acids is 1. The van der Waals surface area contributed by atoms with Gasteiger partial charge in [-0.15, -0.1) is 0 Å². The normalized spacial score (nSPS) is 10.2. The average Bonchev–Trinajstić information content (AvgIpc) is 2.36. The van der Waals surface area contributed by atoms with E-state index in [0.29, 0.717) is 5.69 Å². The highest BCUT2D eigenvalue weighted by molar-refractivity contribution is 6.40. The molecule has 2 amide bonds. The highest BCUT2D eigenvalue weighted by Crippen LogP contribution is 2.32. The summed E-state index contributed by atoms with van der Waals surface area (Å²) in [5.41, 5.74) is 6.18. The van der Waals surface area contributed by atoms with Crippen LogP contribution in [0, 0.1) is 5.82 Å². The molecule has 0 aliphatic heterocycles. The van der Waals surface area contributed by atoms with Gasteiger partial charge >= 0.3 is 6.03 Å². The van der Waals surface area contributed by atoms with E-state index >= 15 is 0 Å². The van der Waals surface area contributed by atoms with Gasteiger partial charge in [0.2, 0.25) is 0 Å². The second kappa shape index (κ2) is 5.98. The fourth-order valence-corrected chi connectivity index (χ4v) is 2.14. The first-order valence-corrected chi connectivity index (χ1v) is 6.30. The Balaban J connectivity index is 2.15. The highest BCUT2D eigenvalue weighted by Gasteiger charge is 2.12. The summed E-state index contributed by atoms with van der Waals surface area (Å²) in [5, 5.41) is 5.19. The molecular weight excluding hydrogens is 304 g/mol. The van der Waals surface area contributed by atoms with Gasteiger partial charge < -0.3 is 16.4 Å². The van der Waals surface area contributed by atoms with E-state index < -0.39 is 11.8 Å². The summed E-state index contributed by atoms with van der Waals surface area (Å²) in [6, 6.07) is 8.02. The predicted molar refractivity (Wildman–Crippen MR) is 79.9 cm³/mol. The van der Waals surface area contributed by atoms with Gasteiger partial charge in [0.25, 0.3) is 0 Å². The van der Waals surface area contributed by atoms with E-state index in [-0.39, 0.29) is 21.4 Å². The van der Waals surface area contributed by atoms with Crippen LogP contribution in [-0.4, -0.2) is 6.03 Å². The number of amides is 2. The topological polar surface area (TPSA) is 67.1 Å². The molecule has 2 aromatic carbocycles. The van der Waals surface area contributed by atoms with Crippen molar-refractivity contribution >= 4 is 46.3 Å². The molecule has 104 valence electrons. The maximum atomic E-state index is 13.4. The number of halogens is 3. The zero-order valence-electron chi connectivity index (χ0n) is 10.1. The molecule has 2 aromatic rings. The molecule has 0 spiro atoms. The van der Waals surface area contributed by atoms with Crippen LogP contribution in [0.3, 0.4) is 0 Å². The van der Waals surface area contributed by atoms with Gasteiger partial charge in [0.05, 0.1) is 21.4 Å². The number of nitrogen functional groups attached to an aromatic ring is 1. The lowest BCUT2D eigenvalue weighted by Gasteiger charge is -2.11. The van der Waals surface area contributed by atoms with Crippen LogP contribution in [0.4, 0.5) is 26.2 Å². The monoisotopic (exact) mass is 313 g/mol. The predicted octanol–water partition coefficient (Wildman–Crippen LogP) is 4.36. The molecule has 0 heterocycles. The van der Waals surface area contributed by atoms with Gasteiger partial charge in [-0.05, 0) is 24.3 Å². The van der Waals surface area contributed by atoms with Crippen LogP contribution < -0.4 is 16.4 Å². The Morgan fingerprint density at radius 2 is 1.70 bits per heavy atom. The van der Waals surface area contributed by atoms with Crippen molar-refractivity contribution in [3.05, 3.63) is 52.3 Å². The van der Waals surface area contributed by atoms with Crippen molar-refractivity contribution in [3.63, 3.8) is 0 Å². The first-order valence-electron chi connectivity index (χ1n) is 5.54. The fraction of sp³-hybridized carbons (Fsp3) is 0. The molecule has 0 aliphatic rings. The molecule has 0 fully saturated rings. The second-order valence-corrected chi connectivity index (χ2v) is 4.73. The van der Waals surface area contributed by atoms with Crippen LogP contribution >= 0.6 is 23.2 Å². The van der Waals surface area contributed by atoms with Crippen LogP contribution in [-0.2, 0) is 0 Å². The molecule has 0 bridgehead atoms. The van der Waals surface area contributed by atoms with E-state index in [0.717, 1.165) is 0 Å². The summed E-state index contributed by atoms with van der Waals surface area (Å²) in [4.78, 5) is 11.8. The van der Waals surface area contributed by atoms with Gasteiger partial charge in [-0.25, -0.2) is 9.18 Å². The Kier molecular flexibility index (Phi) is 4.32. The lowest BCUT2D eigenvalue weighted by atomic mass is 10.3. The minimum atomic E-state index is -0.663. The van der Waals surface area contributed by atoms with Gasteiger partial charge in [-0.3, -0.25) is 0 Å². The maximum Gasteiger partial charge on any atom is 0.323 e. The molecule has 7 heteroatoms. The Hall–Kier alpha value is -1.98. The van der Waals surface area contributed by atoms with Crippen LogP contribution in [0.1, 0.15) is 0 Å². The molecule has 20 heavy (non-hydrogen) atoms. The van der Waals surface area contributed by atoms with Crippen molar-refractivity contribution in [2.24, 2.45) is 0 Å². The lowest BCUT2D eigenvalue weighted by Crippen LogP contribution is -2.20. The van der Waals surface area contributed by atoms with Crippen LogP contribution in [0.2, 0.25) is 10.0 Å². The molecule has 4 nitrogen and oxygen atoms in total. The zero-order valence-corrected chi connectivity index (χ0v) is 11.6. The number of hydrogen-bond acceptors (Lipinski definition) is 2. The number of nitrogens with one attached hydrogen (secondary N) is 2. The van der Waals surface area contributed by atoms with E-state index in [9.17, 15) is 9.18 Å². The summed E-state index contributed by atoms with van der Waals surface area (Å²) in [7, 11) is 0. The van der Waals surface area contributed by atoms with Crippen molar-refractivity contribution in [2.45, 2.75) is 0 Å². The molecule has 0 atom stereocenters. The molecule has 0 unspecified atom stereocenters. The number of para-hydroxylation sites is 1. The van der Waals surface area contributed by atoms with Crippen LogP contribution in [0.5, 0.6) is 0 Å². The van der Waals surface area contributed by atoms with E-state index in [2.05, 4.69) is 10.6 Å². The summed E-state index contributed by atoms with van der Waals surface area (Å²) >= 11 is 11.9. The fourth-order valence-electron chi connectivity index (χ4n) is 1.54. The maximum absolute atomic E-state index is 13.4.